The van der Waals surface area contributed by atoms with Crippen molar-refractivity contribution in [2.24, 2.45) is 0 Å². The summed E-state index contributed by atoms with van der Waals surface area (Å²) < 4.78 is 20.8. The molecule has 0 spiro atoms. The summed E-state index contributed by atoms with van der Waals surface area (Å²) in [4.78, 5) is 0. The van der Waals surface area contributed by atoms with Crippen molar-refractivity contribution in [2.45, 2.75) is 51.6 Å². The zero-order valence-corrected chi connectivity index (χ0v) is 35.4. The summed E-state index contributed by atoms with van der Waals surface area (Å²) in [6.45, 7) is 11.1. The number of rotatable bonds is 13. The van der Waals surface area contributed by atoms with Gasteiger partial charge in [-0.2, -0.15) is 9.15 Å². The highest BCUT2D eigenvalue weighted by Gasteiger charge is 2.43. The van der Waals surface area contributed by atoms with Crippen molar-refractivity contribution >= 4 is 78.3 Å². The minimum atomic E-state index is -0.0696. The summed E-state index contributed by atoms with van der Waals surface area (Å²) in [5.41, 5.74) is 12.6. The number of allylic oxidation sites excluding steroid dienone is 2. The van der Waals surface area contributed by atoms with Crippen LogP contribution in [0.5, 0.6) is 11.5 Å². The standard InChI is InChI=1S/C48H52N4O2S2/c1-47(2)39-13-9-11-15-43(39)49(5)45(47)23-17-33-31-51(41-21-19-35(53-7)29-37(33)41)25-27-55-56-28-26-52-32-34(38-30-36(54-8)20-22-42(38)52)18-24-46-48(3,4)40-14-10-12-16-44(40)50(46)6/h9-24,29-32H,25-28H2,1-8H3/q+2. The van der Waals surface area contributed by atoms with Gasteiger partial charge in [-0.15, -0.1) is 0 Å². The molecule has 0 atom stereocenters. The largest absolute Gasteiger partial charge is 0.497 e. The number of benzene rings is 4. The molecule has 2 aromatic heterocycles. The average Bonchev–Trinajstić information content (AvgIpc) is 3.85. The minimum absolute atomic E-state index is 0.0696. The highest BCUT2D eigenvalue weighted by atomic mass is 33.1. The number of nitrogens with zero attached hydrogens (tertiary/aromatic N) is 4. The molecule has 0 N–H and O–H groups in total. The molecule has 286 valence electrons. The maximum Gasteiger partial charge on any atom is 0.209 e. The molecular weight excluding hydrogens is 729 g/mol. The van der Waals surface area contributed by atoms with E-state index in [-0.39, 0.29) is 10.8 Å². The summed E-state index contributed by atoms with van der Waals surface area (Å²) in [6, 6.07) is 30.3. The number of para-hydroxylation sites is 2. The third-order valence-electron chi connectivity index (χ3n) is 11.9. The van der Waals surface area contributed by atoms with Crippen LogP contribution >= 0.6 is 21.6 Å². The first-order chi connectivity index (χ1) is 27.0. The molecule has 0 amide bonds. The van der Waals surface area contributed by atoms with Gasteiger partial charge in [0.15, 0.2) is 11.4 Å². The maximum atomic E-state index is 5.65. The zero-order chi connectivity index (χ0) is 39.2. The van der Waals surface area contributed by atoms with Gasteiger partial charge in [-0.1, -0.05) is 58.0 Å². The van der Waals surface area contributed by atoms with E-state index in [2.05, 4.69) is 182 Å². The van der Waals surface area contributed by atoms with Crippen LogP contribution in [0.3, 0.4) is 0 Å². The Hall–Kier alpha value is -4.92. The lowest BCUT2D eigenvalue weighted by Gasteiger charge is -2.15. The summed E-state index contributed by atoms with van der Waals surface area (Å²) in [6.07, 6.45) is 13.8. The molecule has 0 radical (unpaired) electrons. The molecule has 8 rings (SSSR count). The van der Waals surface area contributed by atoms with E-state index in [9.17, 15) is 0 Å². The number of ether oxygens (including phenoxy) is 2. The Labute approximate surface area is 339 Å². The van der Waals surface area contributed by atoms with Gasteiger partial charge in [-0.3, -0.25) is 0 Å². The van der Waals surface area contributed by atoms with E-state index >= 15 is 0 Å². The van der Waals surface area contributed by atoms with Gasteiger partial charge >= 0.3 is 0 Å². The van der Waals surface area contributed by atoms with Crippen molar-refractivity contribution in [3.05, 3.63) is 132 Å². The first kappa shape index (κ1) is 38.0. The van der Waals surface area contributed by atoms with Crippen molar-refractivity contribution < 1.29 is 18.6 Å². The van der Waals surface area contributed by atoms with Gasteiger partial charge in [0, 0.05) is 105 Å². The number of aryl methyl sites for hydroxylation is 2. The average molecular weight is 781 g/mol. The fraction of sp³-hybridized carbons (Fsp3) is 0.292. The second-order valence-corrected chi connectivity index (χ2v) is 18.5. The highest BCUT2D eigenvalue weighted by molar-refractivity contribution is 8.76. The number of hydrogen-bond acceptors (Lipinski definition) is 4. The molecule has 8 heteroatoms. The summed E-state index contributed by atoms with van der Waals surface area (Å²) in [7, 11) is 11.7. The van der Waals surface area contributed by atoms with Crippen LogP contribution in [0.1, 0.15) is 49.9 Å². The smallest absolute Gasteiger partial charge is 0.209 e. The van der Waals surface area contributed by atoms with Crippen molar-refractivity contribution in [3.8, 4) is 11.5 Å². The van der Waals surface area contributed by atoms with Gasteiger partial charge in [-0.05, 0) is 76.2 Å². The summed E-state index contributed by atoms with van der Waals surface area (Å²) >= 11 is 0. The molecule has 6 nitrogen and oxygen atoms in total. The molecule has 0 saturated carbocycles. The van der Waals surface area contributed by atoms with Gasteiger partial charge in [-0.25, -0.2) is 0 Å². The number of methoxy groups -OCH3 is 2. The predicted molar refractivity (Wildman–Crippen MR) is 241 cm³/mol. The quantitative estimate of drug-likeness (QED) is 0.0664. The topological polar surface area (TPSA) is 34.3 Å². The van der Waals surface area contributed by atoms with Gasteiger partial charge in [0.25, 0.3) is 0 Å². The first-order valence-corrected chi connectivity index (χ1v) is 21.9. The van der Waals surface area contributed by atoms with Crippen LogP contribution in [0.15, 0.2) is 109 Å². The van der Waals surface area contributed by atoms with E-state index in [1.54, 1.807) is 14.2 Å². The number of hydrogen-bond donors (Lipinski definition) is 0. The monoisotopic (exact) mass is 780 g/mol. The fourth-order valence-corrected chi connectivity index (χ4v) is 10.8. The summed E-state index contributed by atoms with van der Waals surface area (Å²) in [5, 5.41) is 2.42. The Kier molecular flexibility index (Phi) is 10.3. The van der Waals surface area contributed by atoms with E-state index in [4.69, 9.17) is 9.47 Å². The molecule has 2 aliphatic heterocycles. The molecule has 2 aliphatic rings. The molecule has 0 bridgehead atoms. The molecule has 4 aromatic carbocycles. The lowest BCUT2D eigenvalue weighted by Crippen LogP contribution is -2.26. The van der Waals surface area contributed by atoms with Crippen molar-refractivity contribution in [3.63, 3.8) is 0 Å². The van der Waals surface area contributed by atoms with Crippen LogP contribution in [-0.4, -0.2) is 69.5 Å². The van der Waals surface area contributed by atoms with Crippen LogP contribution < -0.4 is 9.47 Å². The van der Waals surface area contributed by atoms with Crippen molar-refractivity contribution in [1.82, 2.24) is 9.13 Å². The number of fused-ring (bicyclic) bond motifs is 4. The van der Waals surface area contributed by atoms with Crippen LogP contribution in [0.4, 0.5) is 11.4 Å². The third-order valence-corrected chi connectivity index (χ3v) is 14.2. The Bertz CT molecular complexity index is 2420. The van der Waals surface area contributed by atoms with E-state index in [0.29, 0.717) is 0 Å². The predicted octanol–water partition coefficient (Wildman–Crippen LogP) is 11.1. The van der Waals surface area contributed by atoms with Gasteiger partial charge < -0.3 is 18.6 Å². The molecule has 0 fully saturated rings. The van der Waals surface area contributed by atoms with Gasteiger partial charge in [0.05, 0.1) is 25.0 Å². The summed E-state index contributed by atoms with van der Waals surface area (Å²) in [5.74, 6) is 3.77. The Balaban J connectivity index is 0.948. The van der Waals surface area contributed by atoms with Crippen molar-refractivity contribution in [2.75, 3.05) is 39.8 Å². The molecule has 6 aromatic rings. The second-order valence-electron chi connectivity index (χ2n) is 15.8. The number of aromatic nitrogens is 2. The second kappa shape index (κ2) is 15.2. The Morgan fingerprint density at radius 2 is 0.982 bits per heavy atom. The lowest BCUT2D eigenvalue weighted by atomic mass is 9.81. The van der Waals surface area contributed by atoms with Crippen LogP contribution in [0.25, 0.3) is 34.0 Å². The molecule has 0 saturated heterocycles. The molecular formula is C48H52N4O2S2+2. The third kappa shape index (κ3) is 6.71. The minimum Gasteiger partial charge on any atom is -0.497 e. The Morgan fingerprint density at radius 3 is 1.38 bits per heavy atom. The van der Waals surface area contributed by atoms with Gasteiger partial charge in [0.2, 0.25) is 11.4 Å². The first-order valence-electron chi connectivity index (χ1n) is 19.4. The lowest BCUT2D eigenvalue weighted by molar-refractivity contribution is -0.401. The fourth-order valence-electron chi connectivity index (χ4n) is 8.83. The molecule has 0 unspecified atom stereocenters. The molecule has 0 aliphatic carbocycles. The Morgan fingerprint density at radius 1 is 0.571 bits per heavy atom. The van der Waals surface area contributed by atoms with Crippen LogP contribution in [0, 0.1) is 0 Å². The van der Waals surface area contributed by atoms with E-state index in [1.807, 2.05) is 21.6 Å². The zero-order valence-electron chi connectivity index (χ0n) is 33.8. The SMILES string of the molecule is COc1ccc2c(c1)c(/C=C/C1=[N+](C)c3ccccc3C1(C)C)cn2CCSSCCn1cc(/C=C/C2=[N+](C)c3ccccc3C2(C)C)c2cc(OC)ccc21. The molecule has 56 heavy (non-hydrogen) atoms. The molecule has 4 heterocycles. The van der Waals surface area contributed by atoms with E-state index in [0.717, 1.165) is 36.1 Å². The van der Waals surface area contributed by atoms with Crippen LogP contribution in [0.2, 0.25) is 0 Å². The van der Waals surface area contributed by atoms with E-state index < -0.39 is 0 Å². The highest BCUT2D eigenvalue weighted by Crippen LogP contribution is 2.41. The maximum absolute atomic E-state index is 5.65. The van der Waals surface area contributed by atoms with Crippen LogP contribution in [-0.2, 0) is 23.9 Å². The van der Waals surface area contributed by atoms with Gasteiger partial charge in [0.1, 0.15) is 25.6 Å². The normalized spacial score (nSPS) is 15.9. The van der Waals surface area contributed by atoms with Crippen molar-refractivity contribution in [1.29, 1.82) is 0 Å². The van der Waals surface area contributed by atoms with E-state index in [1.165, 1.54) is 66.9 Å².